The summed E-state index contributed by atoms with van der Waals surface area (Å²) in [6, 6.07) is 0. The molecule has 0 heteroatoms. The Kier molecular flexibility index (Phi) is 7.03. The molecule has 0 heterocycles. The van der Waals surface area contributed by atoms with Crippen LogP contribution in [0.4, 0.5) is 0 Å². The standard InChI is InChI=1S/C16H32/c1-8-13(3)11-10-12-14(4)15(5)16(6,7)9-2/h13-14H,5,8-12H2,1-4,6-7H3. The molecule has 0 aromatic heterocycles. The highest BCUT2D eigenvalue weighted by molar-refractivity contribution is 5.09. The third kappa shape index (κ3) is 5.18. The zero-order chi connectivity index (χ0) is 12.8. The molecule has 0 bridgehead atoms. The summed E-state index contributed by atoms with van der Waals surface area (Å²) >= 11 is 0. The van der Waals surface area contributed by atoms with Crippen molar-refractivity contribution in [3.8, 4) is 0 Å². The first-order valence-electron chi connectivity index (χ1n) is 7.04. The summed E-state index contributed by atoms with van der Waals surface area (Å²) in [6.45, 7) is 18.2. The molecule has 2 unspecified atom stereocenters. The fourth-order valence-electron chi connectivity index (χ4n) is 2.04. The second kappa shape index (κ2) is 7.14. The van der Waals surface area contributed by atoms with Gasteiger partial charge < -0.3 is 0 Å². The van der Waals surface area contributed by atoms with Crippen molar-refractivity contribution in [3.63, 3.8) is 0 Å². The van der Waals surface area contributed by atoms with Crippen LogP contribution in [0.1, 0.15) is 73.6 Å². The van der Waals surface area contributed by atoms with Gasteiger partial charge in [0.1, 0.15) is 0 Å². The van der Waals surface area contributed by atoms with Crippen LogP contribution in [0.3, 0.4) is 0 Å². The van der Waals surface area contributed by atoms with E-state index in [1.807, 2.05) is 0 Å². The van der Waals surface area contributed by atoms with Crippen molar-refractivity contribution in [1.82, 2.24) is 0 Å². The Hall–Kier alpha value is -0.260. The van der Waals surface area contributed by atoms with Crippen molar-refractivity contribution in [1.29, 1.82) is 0 Å². The summed E-state index contributed by atoms with van der Waals surface area (Å²) < 4.78 is 0. The molecule has 0 nitrogen and oxygen atoms in total. The van der Waals surface area contributed by atoms with Crippen molar-refractivity contribution in [2.75, 3.05) is 0 Å². The molecule has 96 valence electrons. The van der Waals surface area contributed by atoms with Crippen molar-refractivity contribution in [2.45, 2.75) is 73.6 Å². The van der Waals surface area contributed by atoms with Gasteiger partial charge in [0.2, 0.25) is 0 Å². The van der Waals surface area contributed by atoms with Crippen LogP contribution in [0.15, 0.2) is 12.2 Å². The summed E-state index contributed by atoms with van der Waals surface area (Å²) in [5.74, 6) is 1.57. The molecular formula is C16H32. The van der Waals surface area contributed by atoms with E-state index in [1.54, 1.807) is 0 Å². The lowest BCUT2D eigenvalue weighted by Gasteiger charge is -2.30. The normalized spacial score (nSPS) is 15.9. The predicted octanol–water partition coefficient (Wildman–Crippen LogP) is 5.83. The zero-order valence-corrected chi connectivity index (χ0v) is 12.4. The van der Waals surface area contributed by atoms with Gasteiger partial charge in [-0.3, -0.25) is 0 Å². The van der Waals surface area contributed by atoms with Crippen molar-refractivity contribution in [3.05, 3.63) is 12.2 Å². The topological polar surface area (TPSA) is 0 Å². The van der Waals surface area contributed by atoms with E-state index < -0.39 is 0 Å². The molecular weight excluding hydrogens is 192 g/mol. The van der Waals surface area contributed by atoms with Crippen LogP contribution in [0.2, 0.25) is 0 Å². The van der Waals surface area contributed by atoms with E-state index in [0.29, 0.717) is 11.3 Å². The van der Waals surface area contributed by atoms with Gasteiger partial charge in [0.05, 0.1) is 0 Å². The Morgan fingerprint density at radius 1 is 1.12 bits per heavy atom. The minimum Gasteiger partial charge on any atom is -0.0991 e. The molecule has 0 saturated heterocycles. The third-order valence-corrected chi connectivity index (χ3v) is 4.38. The SMILES string of the molecule is C=C(C(C)CCCC(C)CC)C(C)(C)CC. The molecule has 0 aliphatic heterocycles. The monoisotopic (exact) mass is 224 g/mol. The van der Waals surface area contributed by atoms with E-state index in [9.17, 15) is 0 Å². The van der Waals surface area contributed by atoms with Gasteiger partial charge in [0.25, 0.3) is 0 Å². The second-order valence-electron chi connectivity index (χ2n) is 6.11. The Balaban J connectivity index is 3.98. The average molecular weight is 224 g/mol. The first-order chi connectivity index (χ1) is 7.35. The Morgan fingerprint density at radius 2 is 1.69 bits per heavy atom. The Bertz CT molecular complexity index is 200. The number of allylic oxidation sites excluding steroid dienone is 1. The van der Waals surface area contributed by atoms with Crippen LogP contribution < -0.4 is 0 Å². The van der Waals surface area contributed by atoms with Gasteiger partial charge in [-0.1, -0.05) is 73.0 Å². The van der Waals surface area contributed by atoms with Gasteiger partial charge >= 0.3 is 0 Å². The molecule has 0 fully saturated rings. The Morgan fingerprint density at radius 3 is 2.12 bits per heavy atom. The summed E-state index contributed by atoms with van der Waals surface area (Å²) in [4.78, 5) is 0. The second-order valence-corrected chi connectivity index (χ2v) is 6.11. The maximum Gasteiger partial charge on any atom is -0.0147 e. The molecule has 0 aliphatic rings. The third-order valence-electron chi connectivity index (χ3n) is 4.38. The average Bonchev–Trinajstić information content (AvgIpc) is 2.27. The molecule has 0 spiro atoms. The summed E-state index contributed by atoms with van der Waals surface area (Å²) in [7, 11) is 0. The van der Waals surface area contributed by atoms with E-state index in [0.717, 1.165) is 5.92 Å². The van der Waals surface area contributed by atoms with Crippen LogP contribution >= 0.6 is 0 Å². The van der Waals surface area contributed by atoms with Gasteiger partial charge in [-0.25, -0.2) is 0 Å². The van der Waals surface area contributed by atoms with Gasteiger partial charge in [0, 0.05) is 0 Å². The van der Waals surface area contributed by atoms with Gasteiger partial charge in [-0.15, -0.1) is 0 Å². The zero-order valence-electron chi connectivity index (χ0n) is 12.4. The van der Waals surface area contributed by atoms with E-state index in [-0.39, 0.29) is 0 Å². The van der Waals surface area contributed by atoms with Gasteiger partial charge in [-0.05, 0) is 30.1 Å². The lowest BCUT2D eigenvalue weighted by atomic mass is 9.75. The maximum atomic E-state index is 4.32. The number of rotatable bonds is 8. The predicted molar refractivity (Wildman–Crippen MR) is 75.7 cm³/mol. The summed E-state index contributed by atoms with van der Waals surface area (Å²) in [6.07, 6.45) is 6.56. The molecule has 0 aliphatic carbocycles. The molecule has 0 saturated carbocycles. The molecule has 2 atom stereocenters. The minimum atomic E-state index is 0.315. The Labute approximate surface area is 104 Å². The maximum absolute atomic E-state index is 4.32. The summed E-state index contributed by atoms with van der Waals surface area (Å²) in [5.41, 5.74) is 1.76. The van der Waals surface area contributed by atoms with Crippen LogP contribution in [-0.2, 0) is 0 Å². The highest BCUT2D eigenvalue weighted by atomic mass is 14.3. The van der Waals surface area contributed by atoms with Gasteiger partial charge in [0.15, 0.2) is 0 Å². The van der Waals surface area contributed by atoms with Crippen LogP contribution in [0.5, 0.6) is 0 Å². The van der Waals surface area contributed by atoms with Gasteiger partial charge in [-0.2, -0.15) is 0 Å². The van der Waals surface area contributed by atoms with E-state index in [4.69, 9.17) is 0 Å². The van der Waals surface area contributed by atoms with E-state index in [2.05, 4.69) is 48.1 Å². The van der Waals surface area contributed by atoms with Crippen molar-refractivity contribution >= 4 is 0 Å². The quantitative estimate of drug-likeness (QED) is 0.455. The van der Waals surface area contributed by atoms with E-state index in [1.165, 1.54) is 37.7 Å². The minimum absolute atomic E-state index is 0.315. The summed E-state index contributed by atoms with van der Waals surface area (Å²) in [5, 5.41) is 0. The molecule has 0 aromatic carbocycles. The lowest BCUT2D eigenvalue weighted by molar-refractivity contribution is 0.362. The fraction of sp³-hybridized carbons (Fsp3) is 0.875. The largest absolute Gasteiger partial charge is 0.0991 e. The van der Waals surface area contributed by atoms with Crippen LogP contribution in [-0.4, -0.2) is 0 Å². The molecule has 0 radical (unpaired) electrons. The van der Waals surface area contributed by atoms with Crippen LogP contribution in [0, 0.1) is 17.3 Å². The van der Waals surface area contributed by atoms with E-state index >= 15 is 0 Å². The van der Waals surface area contributed by atoms with Crippen molar-refractivity contribution in [2.24, 2.45) is 17.3 Å². The lowest BCUT2D eigenvalue weighted by Crippen LogP contribution is -2.18. The highest BCUT2D eigenvalue weighted by Crippen LogP contribution is 2.35. The van der Waals surface area contributed by atoms with Crippen LogP contribution in [0.25, 0.3) is 0 Å². The molecule has 0 amide bonds. The fourth-order valence-corrected chi connectivity index (χ4v) is 2.04. The smallest absolute Gasteiger partial charge is 0.0147 e. The molecule has 0 rings (SSSR count). The molecule has 0 N–H and O–H groups in total. The molecule has 0 aromatic rings. The molecule has 16 heavy (non-hydrogen) atoms. The number of hydrogen-bond donors (Lipinski definition) is 0. The van der Waals surface area contributed by atoms with Crippen molar-refractivity contribution < 1.29 is 0 Å². The highest BCUT2D eigenvalue weighted by Gasteiger charge is 2.23. The number of hydrogen-bond acceptors (Lipinski definition) is 0. The first kappa shape index (κ1) is 15.7. The first-order valence-corrected chi connectivity index (χ1v) is 7.04.